The number of hydrogen-bond donors (Lipinski definition) is 0. The number of methoxy groups -OCH3 is 3. The molecular weight excluding hydrogens is 374 g/mol. The quantitative estimate of drug-likeness (QED) is 0.516. The van der Waals surface area contributed by atoms with E-state index < -0.39 is 17.8 Å². The number of aliphatic imine (C=N–C) groups is 1. The number of rotatable bonds is 7. The second-order valence-electron chi connectivity index (χ2n) is 7.09. The lowest BCUT2D eigenvalue weighted by atomic mass is 9.71. The molecule has 0 aromatic heterocycles. The van der Waals surface area contributed by atoms with Gasteiger partial charge in [0.1, 0.15) is 12.5 Å². The third-order valence-corrected chi connectivity index (χ3v) is 5.39. The summed E-state index contributed by atoms with van der Waals surface area (Å²) in [4.78, 5) is 30.6. The first kappa shape index (κ1) is 21.0. The van der Waals surface area contributed by atoms with Crippen LogP contribution < -0.4 is 9.47 Å². The first-order valence-corrected chi connectivity index (χ1v) is 9.71. The third-order valence-electron chi connectivity index (χ3n) is 5.39. The molecule has 0 spiro atoms. The van der Waals surface area contributed by atoms with Gasteiger partial charge >= 0.3 is 5.97 Å². The molecule has 0 fully saturated rings. The number of carbonyl (C=O) groups excluding carboxylic acids is 2. The van der Waals surface area contributed by atoms with Crippen molar-refractivity contribution in [3.8, 4) is 11.5 Å². The van der Waals surface area contributed by atoms with E-state index in [1.165, 1.54) is 0 Å². The van der Waals surface area contributed by atoms with Crippen LogP contribution in [0.25, 0.3) is 0 Å². The summed E-state index contributed by atoms with van der Waals surface area (Å²) in [7, 11) is 4.65. The lowest BCUT2D eigenvalue weighted by molar-refractivity contribution is -0.147. The Morgan fingerprint density at radius 1 is 1.14 bits per heavy atom. The Balaban J connectivity index is 2.14. The Hall–Kier alpha value is -2.67. The number of para-hydroxylation sites is 1. The molecule has 1 aromatic carbocycles. The van der Waals surface area contributed by atoms with E-state index in [-0.39, 0.29) is 12.4 Å². The number of Topliss-reactive ketones (excluding diaryl/α,β-unsaturated/α-hetero) is 1. The molecular formula is C22H27NO6. The van der Waals surface area contributed by atoms with Crippen molar-refractivity contribution in [2.24, 2.45) is 10.9 Å². The van der Waals surface area contributed by atoms with Crippen molar-refractivity contribution in [3.63, 3.8) is 0 Å². The van der Waals surface area contributed by atoms with Gasteiger partial charge in [-0.25, -0.2) is 0 Å². The summed E-state index contributed by atoms with van der Waals surface area (Å²) >= 11 is 0. The normalized spacial score (nSPS) is 21.4. The van der Waals surface area contributed by atoms with Crippen molar-refractivity contribution in [2.75, 3.05) is 34.5 Å². The van der Waals surface area contributed by atoms with Crippen LogP contribution in [0.3, 0.4) is 0 Å². The van der Waals surface area contributed by atoms with E-state index in [1.807, 2.05) is 19.1 Å². The summed E-state index contributed by atoms with van der Waals surface area (Å²) in [6.45, 7) is 2.25. The average Bonchev–Trinajstić information content (AvgIpc) is 2.72. The molecule has 0 saturated carbocycles. The predicted molar refractivity (Wildman–Crippen MR) is 108 cm³/mol. The van der Waals surface area contributed by atoms with Crippen molar-refractivity contribution >= 4 is 17.5 Å². The number of esters is 1. The summed E-state index contributed by atoms with van der Waals surface area (Å²) in [6, 6.07) is 5.49. The number of nitrogens with zero attached hydrogens (tertiary/aromatic N) is 1. The highest BCUT2D eigenvalue weighted by Crippen LogP contribution is 2.48. The summed E-state index contributed by atoms with van der Waals surface area (Å²) in [6.07, 6.45) is 1.92. The fourth-order valence-electron chi connectivity index (χ4n) is 4.12. The van der Waals surface area contributed by atoms with Gasteiger partial charge in [-0.15, -0.1) is 0 Å². The molecule has 29 heavy (non-hydrogen) atoms. The maximum atomic E-state index is 13.0. The second-order valence-corrected chi connectivity index (χ2v) is 7.09. The molecule has 1 unspecified atom stereocenters. The molecule has 0 amide bonds. The van der Waals surface area contributed by atoms with E-state index in [4.69, 9.17) is 18.9 Å². The molecule has 2 atom stereocenters. The molecule has 0 radical (unpaired) electrons. The van der Waals surface area contributed by atoms with E-state index in [0.717, 1.165) is 17.7 Å². The highest BCUT2D eigenvalue weighted by atomic mass is 16.6. The summed E-state index contributed by atoms with van der Waals surface area (Å²) < 4.78 is 21.5. The van der Waals surface area contributed by atoms with E-state index in [1.54, 1.807) is 27.4 Å². The van der Waals surface area contributed by atoms with Crippen molar-refractivity contribution in [1.82, 2.24) is 0 Å². The fourth-order valence-corrected chi connectivity index (χ4v) is 4.12. The highest BCUT2D eigenvalue weighted by molar-refractivity contribution is 6.09. The molecule has 0 saturated heterocycles. The van der Waals surface area contributed by atoms with Gasteiger partial charge < -0.3 is 18.9 Å². The van der Waals surface area contributed by atoms with E-state index in [0.29, 0.717) is 42.2 Å². The zero-order chi connectivity index (χ0) is 21.0. The largest absolute Gasteiger partial charge is 0.493 e. The Labute approximate surface area is 170 Å². The van der Waals surface area contributed by atoms with Gasteiger partial charge in [-0.05, 0) is 25.8 Å². The molecule has 7 heteroatoms. The number of benzene rings is 1. The van der Waals surface area contributed by atoms with E-state index in [9.17, 15) is 9.59 Å². The lowest BCUT2D eigenvalue weighted by Gasteiger charge is -2.35. The summed E-state index contributed by atoms with van der Waals surface area (Å²) in [5, 5.41) is 0. The van der Waals surface area contributed by atoms with Crippen LogP contribution in [-0.4, -0.2) is 52.0 Å². The molecule has 1 aromatic rings. The Morgan fingerprint density at radius 3 is 2.62 bits per heavy atom. The van der Waals surface area contributed by atoms with Crippen LogP contribution in [0, 0.1) is 5.92 Å². The van der Waals surface area contributed by atoms with Crippen LogP contribution in [0.5, 0.6) is 11.5 Å². The summed E-state index contributed by atoms with van der Waals surface area (Å²) in [5.74, 6) is -0.601. The Kier molecular flexibility index (Phi) is 6.69. The Morgan fingerprint density at radius 2 is 1.93 bits per heavy atom. The van der Waals surface area contributed by atoms with Gasteiger partial charge in [0.2, 0.25) is 0 Å². The predicted octanol–water partition coefficient (Wildman–Crippen LogP) is 3.07. The van der Waals surface area contributed by atoms with Crippen LogP contribution in [0.4, 0.5) is 0 Å². The zero-order valence-electron chi connectivity index (χ0n) is 17.3. The fraction of sp³-hybridized carbons (Fsp3) is 0.500. The molecule has 0 bridgehead atoms. The van der Waals surface area contributed by atoms with Crippen molar-refractivity contribution in [2.45, 2.75) is 32.1 Å². The number of allylic oxidation sites excluding steroid dienone is 2. The minimum absolute atomic E-state index is 0.0204. The van der Waals surface area contributed by atoms with Gasteiger partial charge in [0.25, 0.3) is 0 Å². The first-order valence-electron chi connectivity index (χ1n) is 9.71. The molecule has 1 aliphatic heterocycles. The maximum absolute atomic E-state index is 13.0. The van der Waals surface area contributed by atoms with Crippen LogP contribution >= 0.6 is 0 Å². The standard InChI is InChI=1S/C22H27NO6/c1-13-18(22(25)29-12-11-26-2)19(20-15(23-13)8-6-9-16(20)24)14-7-5-10-17(27-3)21(14)28-4/h5,7,10,18-19H,6,8-9,11-12H2,1-4H3/t18?,19-/m1/s1. The number of carbonyl (C=O) groups is 2. The molecule has 1 aliphatic carbocycles. The van der Waals surface area contributed by atoms with Crippen LogP contribution in [0.2, 0.25) is 0 Å². The molecule has 3 rings (SSSR count). The number of ketones is 1. The smallest absolute Gasteiger partial charge is 0.315 e. The molecule has 0 N–H and O–H groups in total. The summed E-state index contributed by atoms with van der Waals surface area (Å²) in [5.41, 5.74) is 2.70. The molecule has 7 nitrogen and oxygen atoms in total. The number of ether oxygens (including phenoxy) is 4. The van der Waals surface area contributed by atoms with Crippen LogP contribution in [-0.2, 0) is 19.1 Å². The molecule has 156 valence electrons. The minimum Gasteiger partial charge on any atom is -0.493 e. The van der Waals surface area contributed by atoms with Crippen molar-refractivity contribution in [1.29, 1.82) is 0 Å². The average molecular weight is 401 g/mol. The maximum Gasteiger partial charge on any atom is 0.315 e. The van der Waals surface area contributed by atoms with Crippen molar-refractivity contribution in [3.05, 3.63) is 35.0 Å². The monoisotopic (exact) mass is 401 g/mol. The third kappa shape index (κ3) is 4.05. The van der Waals surface area contributed by atoms with Gasteiger partial charge in [-0.2, -0.15) is 0 Å². The van der Waals surface area contributed by atoms with Gasteiger partial charge in [0.05, 0.1) is 20.8 Å². The number of hydrogen-bond acceptors (Lipinski definition) is 7. The minimum atomic E-state index is -0.714. The van der Waals surface area contributed by atoms with Crippen LogP contribution in [0.15, 0.2) is 34.5 Å². The Bertz CT molecular complexity index is 857. The molecule has 1 heterocycles. The lowest BCUT2D eigenvalue weighted by Crippen LogP contribution is -2.37. The SMILES string of the molecule is COCCOC(=O)C1C(C)=NC2=C(C(=O)CCC2)[C@@H]1c1cccc(OC)c1OC. The topological polar surface area (TPSA) is 83.4 Å². The van der Waals surface area contributed by atoms with E-state index >= 15 is 0 Å². The van der Waals surface area contributed by atoms with E-state index in [2.05, 4.69) is 4.99 Å². The van der Waals surface area contributed by atoms with Gasteiger partial charge in [0.15, 0.2) is 17.3 Å². The molecule has 2 aliphatic rings. The highest BCUT2D eigenvalue weighted by Gasteiger charge is 2.44. The first-order chi connectivity index (χ1) is 14.0. The van der Waals surface area contributed by atoms with Crippen molar-refractivity contribution < 1.29 is 28.5 Å². The van der Waals surface area contributed by atoms with Crippen LogP contribution in [0.1, 0.15) is 37.7 Å². The van der Waals surface area contributed by atoms with Gasteiger partial charge in [-0.3, -0.25) is 14.6 Å². The van der Waals surface area contributed by atoms with Gasteiger partial charge in [0, 0.05) is 42.0 Å². The zero-order valence-corrected chi connectivity index (χ0v) is 17.3. The van der Waals surface area contributed by atoms with Gasteiger partial charge in [-0.1, -0.05) is 12.1 Å². The second kappa shape index (κ2) is 9.22.